The van der Waals surface area contributed by atoms with Crippen molar-refractivity contribution in [3.8, 4) is 11.1 Å². The summed E-state index contributed by atoms with van der Waals surface area (Å²) in [5.41, 5.74) is 3.13. The first kappa shape index (κ1) is 16.5. The van der Waals surface area contributed by atoms with Crippen LogP contribution in [0.4, 0.5) is 5.69 Å². The molecule has 6 heteroatoms. The molecule has 1 saturated heterocycles. The van der Waals surface area contributed by atoms with E-state index in [1.807, 2.05) is 47.1 Å². The second-order valence-electron chi connectivity index (χ2n) is 6.54. The molecule has 0 aliphatic carbocycles. The highest BCUT2D eigenvalue weighted by Gasteiger charge is 2.25. The van der Waals surface area contributed by atoms with Crippen LogP contribution in [-0.2, 0) is 4.79 Å². The van der Waals surface area contributed by atoms with Crippen LogP contribution in [0.5, 0.6) is 0 Å². The van der Waals surface area contributed by atoms with Crippen molar-refractivity contribution < 1.29 is 4.79 Å². The fraction of sp³-hybridized carbons (Fsp3) is 0.250. The minimum absolute atomic E-state index is 0.0108. The van der Waals surface area contributed by atoms with Crippen molar-refractivity contribution in [3.63, 3.8) is 0 Å². The third-order valence-corrected chi connectivity index (χ3v) is 4.70. The third-order valence-electron chi connectivity index (χ3n) is 4.70. The van der Waals surface area contributed by atoms with Crippen molar-refractivity contribution in [2.75, 3.05) is 25.0 Å². The molecule has 6 nitrogen and oxygen atoms in total. The summed E-state index contributed by atoms with van der Waals surface area (Å²) in [5.74, 6) is 0.0108. The van der Waals surface area contributed by atoms with Gasteiger partial charge in [-0.1, -0.05) is 42.5 Å². The first-order valence-electron chi connectivity index (χ1n) is 8.80. The zero-order chi connectivity index (χ0) is 17.8. The molecule has 0 bridgehead atoms. The van der Waals surface area contributed by atoms with Crippen LogP contribution in [0.3, 0.4) is 0 Å². The van der Waals surface area contributed by atoms with Gasteiger partial charge in [0, 0.05) is 18.8 Å². The fourth-order valence-electron chi connectivity index (χ4n) is 3.36. The van der Waals surface area contributed by atoms with Crippen LogP contribution < -0.4 is 5.32 Å². The summed E-state index contributed by atoms with van der Waals surface area (Å²) in [6, 6.07) is 18.5. The third kappa shape index (κ3) is 3.81. The average molecular weight is 347 g/mol. The second-order valence-corrected chi connectivity index (χ2v) is 6.54. The van der Waals surface area contributed by atoms with Gasteiger partial charge >= 0.3 is 0 Å². The lowest BCUT2D eigenvalue weighted by Gasteiger charge is -2.15. The van der Waals surface area contributed by atoms with E-state index in [0.29, 0.717) is 12.6 Å². The Morgan fingerprint density at radius 3 is 2.58 bits per heavy atom. The van der Waals surface area contributed by atoms with Gasteiger partial charge in [0.2, 0.25) is 5.91 Å². The number of amides is 1. The maximum atomic E-state index is 12.3. The number of anilines is 1. The minimum atomic E-state index is 0.0108. The first-order valence-corrected chi connectivity index (χ1v) is 8.80. The highest BCUT2D eigenvalue weighted by atomic mass is 16.2. The average Bonchev–Trinajstić information content (AvgIpc) is 3.35. The topological polar surface area (TPSA) is 63.1 Å². The first-order chi connectivity index (χ1) is 12.8. The maximum Gasteiger partial charge on any atom is 0.238 e. The number of benzene rings is 2. The van der Waals surface area contributed by atoms with Crippen LogP contribution in [0.25, 0.3) is 11.1 Å². The second kappa shape index (κ2) is 7.49. The van der Waals surface area contributed by atoms with Crippen molar-refractivity contribution in [1.29, 1.82) is 0 Å². The van der Waals surface area contributed by atoms with Crippen molar-refractivity contribution >= 4 is 11.6 Å². The van der Waals surface area contributed by atoms with Crippen LogP contribution in [-0.4, -0.2) is 45.2 Å². The van der Waals surface area contributed by atoms with E-state index in [1.165, 1.54) is 5.56 Å². The fourth-order valence-corrected chi connectivity index (χ4v) is 3.36. The largest absolute Gasteiger partial charge is 0.325 e. The van der Waals surface area contributed by atoms with Crippen molar-refractivity contribution in [2.45, 2.75) is 12.5 Å². The maximum absolute atomic E-state index is 12.3. The summed E-state index contributed by atoms with van der Waals surface area (Å²) < 4.78 is 1.88. The van der Waals surface area contributed by atoms with Gasteiger partial charge in [0.1, 0.15) is 12.7 Å². The van der Waals surface area contributed by atoms with Gasteiger partial charge in [0.25, 0.3) is 0 Å². The van der Waals surface area contributed by atoms with E-state index < -0.39 is 0 Å². The standard InChI is InChI=1S/C20H21N5O/c26-20(13-24-11-10-19(12-24)25-15-21-14-22-25)23-18-8-6-17(7-9-18)16-4-2-1-3-5-16/h1-9,14-15,19H,10-13H2,(H,23,26)/t19-/m0/s1. The van der Waals surface area contributed by atoms with Crippen molar-refractivity contribution in [3.05, 3.63) is 67.3 Å². The van der Waals surface area contributed by atoms with Crippen LogP contribution in [0, 0.1) is 0 Å². The molecule has 132 valence electrons. The van der Waals surface area contributed by atoms with Gasteiger partial charge < -0.3 is 5.32 Å². The molecular weight excluding hydrogens is 326 g/mol. The van der Waals surface area contributed by atoms with Crippen LogP contribution in [0.1, 0.15) is 12.5 Å². The molecule has 0 unspecified atom stereocenters. The molecular formula is C20H21N5O. The van der Waals surface area contributed by atoms with Gasteiger partial charge in [0.05, 0.1) is 12.6 Å². The van der Waals surface area contributed by atoms with Crippen molar-refractivity contribution in [1.82, 2.24) is 19.7 Å². The summed E-state index contributed by atoms with van der Waals surface area (Å²) in [5, 5.41) is 7.17. The van der Waals surface area contributed by atoms with Crippen LogP contribution in [0.15, 0.2) is 67.3 Å². The highest BCUT2D eigenvalue weighted by molar-refractivity contribution is 5.92. The van der Waals surface area contributed by atoms with Crippen molar-refractivity contribution in [2.24, 2.45) is 0 Å². The molecule has 1 atom stereocenters. The zero-order valence-electron chi connectivity index (χ0n) is 14.5. The van der Waals surface area contributed by atoms with Crippen LogP contribution >= 0.6 is 0 Å². The van der Waals surface area contributed by atoms with E-state index in [1.54, 1.807) is 12.7 Å². The van der Waals surface area contributed by atoms with Gasteiger partial charge in [0.15, 0.2) is 0 Å². The Morgan fingerprint density at radius 2 is 1.85 bits per heavy atom. The molecule has 4 rings (SSSR count). The Morgan fingerprint density at radius 1 is 1.08 bits per heavy atom. The number of carbonyl (C=O) groups is 1. The Balaban J connectivity index is 1.31. The number of rotatable bonds is 5. The van der Waals surface area contributed by atoms with Gasteiger partial charge in [-0.15, -0.1) is 0 Å². The minimum Gasteiger partial charge on any atom is -0.325 e. The molecule has 0 saturated carbocycles. The Bertz CT molecular complexity index is 846. The van der Waals surface area contributed by atoms with Gasteiger partial charge in [-0.25, -0.2) is 9.67 Å². The number of likely N-dealkylation sites (tertiary alicyclic amines) is 1. The molecule has 26 heavy (non-hydrogen) atoms. The molecule has 3 aromatic rings. The molecule has 1 amide bonds. The molecule has 1 aliphatic rings. The molecule has 1 aromatic heterocycles. The molecule has 2 aromatic carbocycles. The molecule has 0 spiro atoms. The van der Waals surface area contributed by atoms with E-state index in [9.17, 15) is 4.79 Å². The number of aromatic nitrogens is 3. The quantitative estimate of drug-likeness (QED) is 0.771. The number of hydrogen-bond acceptors (Lipinski definition) is 4. The van der Waals surface area contributed by atoms with E-state index >= 15 is 0 Å². The monoisotopic (exact) mass is 347 g/mol. The molecule has 1 aliphatic heterocycles. The molecule has 2 heterocycles. The summed E-state index contributed by atoms with van der Waals surface area (Å²) in [6.07, 6.45) is 4.28. The summed E-state index contributed by atoms with van der Waals surface area (Å²) >= 11 is 0. The summed E-state index contributed by atoms with van der Waals surface area (Å²) in [6.45, 7) is 2.11. The predicted molar refractivity (Wildman–Crippen MR) is 101 cm³/mol. The number of nitrogens with one attached hydrogen (secondary N) is 1. The lowest BCUT2D eigenvalue weighted by molar-refractivity contribution is -0.117. The number of hydrogen-bond donors (Lipinski definition) is 1. The van der Waals surface area contributed by atoms with E-state index in [-0.39, 0.29) is 5.91 Å². The van der Waals surface area contributed by atoms with E-state index in [0.717, 1.165) is 30.8 Å². The Kier molecular flexibility index (Phi) is 4.75. The Hall–Kier alpha value is -2.99. The SMILES string of the molecule is O=C(CN1CC[C@H](n2cncn2)C1)Nc1ccc(-c2ccccc2)cc1. The summed E-state index contributed by atoms with van der Waals surface area (Å²) in [7, 11) is 0. The van der Waals surface area contributed by atoms with Gasteiger partial charge in [-0.3, -0.25) is 9.69 Å². The van der Waals surface area contributed by atoms with E-state index in [4.69, 9.17) is 0 Å². The number of carbonyl (C=O) groups excluding carboxylic acids is 1. The van der Waals surface area contributed by atoms with Gasteiger partial charge in [-0.05, 0) is 29.7 Å². The highest BCUT2D eigenvalue weighted by Crippen LogP contribution is 2.22. The number of nitrogens with zero attached hydrogens (tertiary/aromatic N) is 4. The lowest BCUT2D eigenvalue weighted by atomic mass is 10.1. The van der Waals surface area contributed by atoms with Crippen LogP contribution in [0.2, 0.25) is 0 Å². The normalized spacial score (nSPS) is 17.3. The molecule has 1 fully saturated rings. The molecule has 1 N–H and O–H groups in total. The predicted octanol–water partition coefficient (Wildman–Crippen LogP) is 2.83. The lowest BCUT2D eigenvalue weighted by Crippen LogP contribution is -2.31. The summed E-state index contributed by atoms with van der Waals surface area (Å²) in [4.78, 5) is 18.5. The Labute approximate surface area is 152 Å². The van der Waals surface area contributed by atoms with Gasteiger partial charge in [-0.2, -0.15) is 5.10 Å². The zero-order valence-corrected chi connectivity index (χ0v) is 14.5. The molecule has 0 radical (unpaired) electrons. The van der Waals surface area contributed by atoms with E-state index in [2.05, 4.69) is 32.4 Å². The smallest absolute Gasteiger partial charge is 0.238 e.